The Kier molecular flexibility index (Phi) is 6.91. The Bertz CT molecular complexity index is 644. The third kappa shape index (κ3) is 5.48. The number of hydrogen-bond acceptors (Lipinski definition) is 4. The van der Waals surface area contributed by atoms with E-state index in [4.69, 9.17) is 14.2 Å². The molecule has 0 spiro atoms. The fourth-order valence-corrected chi connectivity index (χ4v) is 2.02. The van der Waals surface area contributed by atoms with E-state index in [1.165, 1.54) is 0 Å². The molecule has 0 radical (unpaired) electrons. The Morgan fingerprint density at radius 1 is 1.00 bits per heavy atom. The van der Waals surface area contributed by atoms with Gasteiger partial charge in [-0.2, -0.15) is 0 Å². The number of methoxy groups -OCH3 is 2. The largest absolute Gasteiger partial charge is 0.497 e. The maximum atomic E-state index is 12.1. The summed E-state index contributed by atoms with van der Waals surface area (Å²) in [6.07, 6.45) is 0. The minimum absolute atomic E-state index is 0.298. The minimum Gasteiger partial charge on any atom is -0.497 e. The summed E-state index contributed by atoms with van der Waals surface area (Å²) in [6, 6.07) is 14.5. The van der Waals surface area contributed by atoms with Crippen LogP contribution in [0.2, 0.25) is 0 Å². The summed E-state index contributed by atoms with van der Waals surface area (Å²) in [7, 11) is 3.23. The van der Waals surface area contributed by atoms with E-state index in [1.54, 1.807) is 26.4 Å². The van der Waals surface area contributed by atoms with Gasteiger partial charge in [-0.1, -0.05) is 24.3 Å². The molecular formula is C18H22N2O4. The summed E-state index contributed by atoms with van der Waals surface area (Å²) in [5.41, 5.74) is 1.59. The van der Waals surface area contributed by atoms with Crippen LogP contribution in [0.15, 0.2) is 48.5 Å². The Balaban J connectivity index is 1.87. The van der Waals surface area contributed by atoms with Crippen LogP contribution in [0.3, 0.4) is 0 Å². The van der Waals surface area contributed by atoms with Crippen molar-refractivity contribution in [2.75, 3.05) is 32.8 Å². The van der Waals surface area contributed by atoms with Gasteiger partial charge in [0.15, 0.2) is 0 Å². The van der Waals surface area contributed by atoms with Gasteiger partial charge in [-0.3, -0.25) is 0 Å². The summed E-state index contributed by atoms with van der Waals surface area (Å²) >= 11 is 0. The van der Waals surface area contributed by atoms with Gasteiger partial charge in [0.1, 0.15) is 18.1 Å². The third-order valence-electron chi connectivity index (χ3n) is 3.29. The van der Waals surface area contributed by atoms with Crippen LogP contribution >= 0.6 is 0 Å². The van der Waals surface area contributed by atoms with Crippen molar-refractivity contribution in [3.8, 4) is 11.5 Å². The zero-order chi connectivity index (χ0) is 17.2. The molecule has 0 aliphatic carbocycles. The topological polar surface area (TPSA) is 68.8 Å². The van der Waals surface area contributed by atoms with Crippen LogP contribution in [0, 0.1) is 0 Å². The van der Waals surface area contributed by atoms with E-state index < -0.39 is 0 Å². The second kappa shape index (κ2) is 9.42. The van der Waals surface area contributed by atoms with Gasteiger partial charge in [0.05, 0.1) is 19.4 Å². The number of para-hydroxylation sites is 2. The zero-order valence-electron chi connectivity index (χ0n) is 13.9. The molecule has 2 aromatic carbocycles. The monoisotopic (exact) mass is 330 g/mol. The van der Waals surface area contributed by atoms with Crippen LogP contribution in [-0.4, -0.2) is 33.5 Å². The average molecular weight is 330 g/mol. The van der Waals surface area contributed by atoms with Crippen LogP contribution in [0.1, 0.15) is 5.56 Å². The van der Waals surface area contributed by atoms with Gasteiger partial charge < -0.3 is 24.8 Å². The number of anilines is 1. The molecule has 24 heavy (non-hydrogen) atoms. The van der Waals surface area contributed by atoms with Crippen molar-refractivity contribution in [2.45, 2.75) is 6.54 Å². The molecular weight excluding hydrogens is 308 g/mol. The highest BCUT2D eigenvalue weighted by molar-refractivity contribution is 5.90. The SMILES string of the molecule is COCCOc1ccccc1NC(=O)NCc1ccc(OC)cc1. The van der Waals surface area contributed by atoms with Gasteiger partial charge in [0.2, 0.25) is 0 Å². The number of amides is 2. The number of urea groups is 1. The number of benzene rings is 2. The van der Waals surface area contributed by atoms with Crippen molar-refractivity contribution in [3.05, 3.63) is 54.1 Å². The molecule has 0 unspecified atom stereocenters. The number of carbonyl (C=O) groups is 1. The molecule has 2 N–H and O–H groups in total. The molecule has 0 aliphatic heterocycles. The Morgan fingerprint density at radius 3 is 2.46 bits per heavy atom. The molecule has 6 nitrogen and oxygen atoms in total. The van der Waals surface area contributed by atoms with E-state index in [2.05, 4.69) is 10.6 Å². The van der Waals surface area contributed by atoms with Crippen molar-refractivity contribution in [2.24, 2.45) is 0 Å². The van der Waals surface area contributed by atoms with Crippen molar-refractivity contribution >= 4 is 11.7 Å². The summed E-state index contributed by atoms with van der Waals surface area (Å²) in [5, 5.41) is 5.60. The summed E-state index contributed by atoms with van der Waals surface area (Å²) in [6.45, 7) is 1.32. The number of ether oxygens (including phenoxy) is 3. The van der Waals surface area contributed by atoms with Gasteiger partial charge in [-0.05, 0) is 29.8 Å². The maximum absolute atomic E-state index is 12.1. The summed E-state index contributed by atoms with van der Waals surface area (Å²) in [4.78, 5) is 12.1. The molecule has 0 aliphatic rings. The van der Waals surface area contributed by atoms with E-state index in [0.29, 0.717) is 31.2 Å². The summed E-state index contributed by atoms with van der Waals surface area (Å²) in [5.74, 6) is 1.39. The van der Waals surface area contributed by atoms with Crippen LogP contribution < -0.4 is 20.1 Å². The standard InChI is InChI=1S/C18H22N2O4/c1-22-11-12-24-17-6-4-3-5-16(17)20-18(21)19-13-14-7-9-15(23-2)10-8-14/h3-10H,11-13H2,1-2H3,(H2,19,20,21). The van der Waals surface area contributed by atoms with Crippen LogP contribution in [0.25, 0.3) is 0 Å². The fourth-order valence-electron chi connectivity index (χ4n) is 2.02. The Labute approximate surface area is 141 Å². The molecule has 0 saturated carbocycles. The van der Waals surface area contributed by atoms with Crippen LogP contribution in [0.5, 0.6) is 11.5 Å². The average Bonchev–Trinajstić information content (AvgIpc) is 2.62. The van der Waals surface area contributed by atoms with E-state index in [1.807, 2.05) is 36.4 Å². The van der Waals surface area contributed by atoms with Crippen LogP contribution in [-0.2, 0) is 11.3 Å². The number of carbonyl (C=O) groups excluding carboxylic acids is 1. The number of hydrogen-bond donors (Lipinski definition) is 2. The molecule has 2 aromatic rings. The molecule has 2 rings (SSSR count). The van der Waals surface area contributed by atoms with Gasteiger partial charge >= 0.3 is 6.03 Å². The Hall–Kier alpha value is -2.73. The van der Waals surface area contributed by atoms with Crippen molar-refractivity contribution in [1.82, 2.24) is 5.32 Å². The molecule has 128 valence electrons. The van der Waals surface area contributed by atoms with Gasteiger partial charge in [0, 0.05) is 13.7 Å². The smallest absolute Gasteiger partial charge is 0.319 e. The van der Waals surface area contributed by atoms with Crippen molar-refractivity contribution in [3.63, 3.8) is 0 Å². The first kappa shape index (κ1) is 17.6. The predicted octanol–water partition coefficient (Wildman–Crippen LogP) is 3.04. The van der Waals surface area contributed by atoms with E-state index in [0.717, 1.165) is 11.3 Å². The second-order valence-corrected chi connectivity index (χ2v) is 4.99. The van der Waals surface area contributed by atoms with Gasteiger partial charge in [-0.15, -0.1) is 0 Å². The van der Waals surface area contributed by atoms with Gasteiger partial charge in [0.25, 0.3) is 0 Å². The highest BCUT2D eigenvalue weighted by Crippen LogP contribution is 2.23. The molecule has 0 atom stereocenters. The van der Waals surface area contributed by atoms with Crippen LogP contribution in [0.4, 0.5) is 10.5 Å². The molecule has 0 aromatic heterocycles. The van der Waals surface area contributed by atoms with E-state index >= 15 is 0 Å². The lowest BCUT2D eigenvalue weighted by Crippen LogP contribution is -2.28. The lowest BCUT2D eigenvalue weighted by Gasteiger charge is -2.13. The number of nitrogens with one attached hydrogen (secondary N) is 2. The van der Waals surface area contributed by atoms with Gasteiger partial charge in [-0.25, -0.2) is 4.79 Å². The van der Waals surface area contributed by atoms with E-state index in [9.17, 15) is 4.79 Å². The minimum atomic E-state index is -0.298. The maximum Gasteiger partial charge on any atom is 0.319 e. The predicted molar refractivity (Wildman–Crippen MR) is 92.7 cm³/mol. The fraction of sp³-hybridized carbons (Fsp3) is 0.278. The molecule has 0 bridgehead atoms. The lowest BCUT2D eigenvalue weighted by atomic mass is 10.2. The first-order valence-corrected chi connectivity index (χ1v) is 7.61. The normalized spacial score (nSPS) is 10.1. The first-order valence-electron chi connectivity index (χ1n) is 7.61. The molecule has 6 heteroatoms. The molecule has 2 amide bonds. The zero-order valence-corrected chi connectivity index (χ0v) is 13.9. The molecule has 0 fully saturated rings. The quantitative estimate of drug-likeness (QED) is 0.730. The van der Waals surface area contributed by atoms with Crippen molar-refractivity contribution < 1.29 is 19.0 Å². The van der Waals surface area contributed by atoms with E-state index in [-0.39, 0.29) is 6.03 Å². The molecule has 0 saturated heterocycles. The summed E-state index contributed by atoms with van der Waals surface area (Å²) < 4.78 is 15.6. The highest BCUT2D eigenvalue weighted by atomic mass is 16.5. The highest BCUT2D eigenvalue weighted by Gasteiger charge is 2.07. The van der Waals surface area contributed by atoms with Crippen molar-refractivity contribution in [1.29, 1.82) is 0 Å². The Morgan fingerprint density at radius 2 is 1.75 bits per heavy atom. The lowest BCUT2D eigenvalue weighted by molar-refractivity contribution is 0.146. The second-order valence-electron chi connectivity index (χ2n) is 4.99. The third-order valence-corrected chi connectivity index (χ3v) is 3.29. The number of rotatable bonds is 8. The first-order chi connectivity index (χ1) is 11.7. The molecule has 0 heterocycles.